The van der Waals surface area contributed by atoms with Gasteiger partial charge in [0.25, 0.3) is 5.91 Å². The van der Waals surface area contributed by atoms with Crippen molar-refractivity contribution in [1.29, 1.82) is 0 Å². The summed E-state index contributed by atoms with van der Waals surface area (Å²) < 4.78 is 18.6. The summed E-state index contributed by atoms with van der Waals surface area (Å²) in [6, 6.07) is 8.79. The van der Waals surface area contributed by atoms with Gasteiger partial charge in [0, 0.05) is 26.2 Å². The predicted octanol–water partition coefficient (Wildman–Crippen LogP) is 1.94. The number of carbonyl (C=O) groups is 1. The van der Waals surface area contributed by atoms with Crippen LogP contribution < -0.4 is 5.32 Å². The van der Waals surface area contributed by atoms with E-state index in [1.54, 1.807) is 42.0 Å². The number of nitrogens with one attached hydrogen (secondary N) is 1. The smallest absolute Gasteiger partial charge is 0.256 e. The minimum atomic E-state index is -1.44. The van der Waals surface area contributed by atoms with Crippen molar-refractivity contribution < 1.29 is 24.1 Å². The molecule has 0 radical (unpaired) electrons. The second-order valence-electron chi connectivity index (χ2n) is 7.49. The zero-order chi connectivity index (χ0) is 22.7. The van der Waals surface area contributed by atoms with Gasteiger partial charge in [-0.2, -0.15) is 0 Å². The second kappa shape index (κ2) is 9.13. The number of anilines is 1. The number of aromatic nitrogens is 4. The highest BCUT2D eigenvalue weighted by molar-refractivity contribution is 6.06. The van der Waals surface area contributed by atoms with E-state index in [0.717, 1.165) is 0 Å². The number of aliphatic hydroxyl groups is 1. The highest BCUT2D eigenvalue weighted by Gasteiger charge is 2.56. The van der Waals surface area contributed by atoms with Crippen LogP contribution in [0.3, 0.4) is 0 Å². The summed E-state index contributed by atoms with van der Waals surface area (Å²) in [5, 5.41) is 14.3. The third-order valence-electron chi connectivity index (χ3n) is 5.50. The van der Waals surface area contributed by atoms with Crippen LogP contribution in [0, 0.1) is 0 Å². The van der Waals surface area contributed by atoms with E-state index in [1.807, 2.05) is 6.07 Å². The Morgan fingerprint density at radius 3 is 2.78 bits per heavy atom. The Kier molecular flexibility index (Phi) is 6.28. The fourth-order valence-corrected chi connectivity index (χ4v) is 4.10. The van der Waals surface area contributed by atoms with E-state index < -0.39 is 24.0 Å². The summed E-state index contributed by atoms with van der Waals surface area (Å²) in [5.41, 5.74) is -0.191. The molecule has 0 bridgehead atoms. The van der Waals surface area contributed by atoms with E-state index in [4.69, 9.17) is 14.2 Å². The molecule has 3 aromatic rings. The first kappa shape index (κ1) is 22.0. The molecule has 0 aliphatic carbocycles. The molecular weight excluding hydrogens is 414 g/mol. The fourth-order valence-electron chi connectivity index (χ4n) is 4.10. The molecule has 1 aliphatic heterocycles. The molecule has 0 saturated carbocycles. The number of rotatable bonds is 8. The number of benzene rings is 1. The molecule has 2 aromatic heterocycles. The van der Waals surface area contributed by atoms with Crippen LogP contribution in [0.2, 0.25) is 0 Å². The lowest BCUT2D eigenvalue weighted by Crippen LogP contribution is -2.47. The van der Waals surface area contributed by atoms with Crippen molar-refractivity contribution in [3.8, 4) is 0 Å². The Bertz CT molecular complexity index is 1100. The van der Waals surface area contributed by atoms with Crippen LogP contribution in [0.5, 0.6) is 0 Å². The van der Waals surface area contributed by atoms with Gasteiger partial charge in [0.05, 0.1) is 12.9 Å². The predicted molar refractivity (Wildman–Crippen MR) is 116 cm³/mol. The van der Waals surface area contributed by atoms with Gasteiger partial charge >= 0.3 is 0 Å². The Hall–Kier alpha value is -3.18. The average Bonchev–Trinajstić information content (AvgIpc) is 3.34. The van der Waals surface area contributed by atoms with Crippen LogP contribution in [-0.4, -0.2) is 69.2 Å². The number of nitrogens with zero attached hydrogens (tertiary/aromatic N) is 4. The highest BCUT2D eigenvalue weighted by Crippen LogP contribution is 2.43. The minimum absolute atomic E-state index is 0.207. The quantitative estimate of drug-likeness (QED) is 0.511. The lowest BCUT2D eigenvalue weighted by atomic mass is 9.90. The molecule has 32 heavy (non-hydrogen) atoms. The largest absolute Gasteiger partial charge is 0.382 e. The van der Waals surface area contributed by atoms with Crippen molar-refractivity contribution >= 4 is 22.9 Å². The standard InChI is InChI=1S/C22H25N5O5/c1-4-10-22(29)17(31-3)15(11-30-2)32-21(22)27-13-25-16-18(23-12-24-19(16)27)26-20(28)14-8-6-5-7-9-14/h4-9,12-13,15,17,21,29H,1,10-11H2,2-3H3,(H,23,24,26,28)/t15-,17-,21?,22-/m1/s1. The molecule has 1 unspecified atom stereocenters. The van der Waals surface area contributed by atoms with E-state index >= 15 is 0 Å². The van der Waals surface area contributed by atoms with Crippen molar-refractivity contribution in [3.05, 3.63) is 61.2 Å². The van der Waals surface area contributed by atoms with Gasteiger partial charge in [0.1, 0.15) is 24.1 Å². The van der Waals surface area contributed by atoms with E-state index in [0.29, 0.717) is 16.7 Å². The molecule has 1 amide bonds. The van der Waals surface area contributed by atoms with E-state index in [-0.39, 0.29) is 24.8 Å². The van der Waals surface area contributed by atoms with E-state index in [2.05, 4.69) is 26.8 Å². The lowest BCUT2D eigenvalue weighted by Gasteiger charge is -2.32. The van der Waals surface area contributed by atoms with Crippen molar-refractivity contribution in [2.45, 2.75) is 30.5 Å². The lowest BCUT2D eigenvalue weighted by molar-refractivity contribution is -0.111. The molecule has 1 saturated heterocycles. The Morgan fingerprint density at radius 2 is 2.09 bits per heavy atom. The zero-order valence-electron chi connectivity index (χ0n) is 17.8. The fraction of sp³-hybridized carbons (Fsp3) is 0.364. The number of imidazole rings is 1. The minimum Gasteiger partial charge on any atom is -0.382 e. The van der Waals surface area contributed by atoms with Gasteiger partial charge in [-0.25, -0.2) is 15.0 Å². The number of fused-ring (bicyclic) bond motifs is 1. The Balaban J connectivity index is 1.71. The number of hydrogen-bond acceptors (Lipinski definition) is 8. The molecule has 168 valence electrons. The third kappa shape index (κ3) is 3.78. The van der Waals surface area contributed by atoms with E-state index in [1.165, 1.54) is 19.8 Å². The van der Waals surface area contributed by atoms with Gasteiger partial charge < -0.3 is 24.6 Å². The SMILES string of the molecule is C=CC[C@]1(O)C(n2cnc3c(NC(=O)c4ccccc4)ncnc32)O[C@H](COC)[C@H]1OC. The summed E-state index contributed by atoms with van der Waals surface area (Å²) in [6.07, 6.45) is 2.58. The van der Waals surface area contributed by atoms with Crippen LogP contribution >= 0.6 is 0 Å². The first-order valence-corrected chi connectivity index (χ1v) is 10.1. The number of hydrogen-bond donors (Lipinski definition) is 2. The molecule has 3 heterocycles. The number of carbonyl (C=O) groups excluding carboxylic acids is 1. The normalized spacial score (nSPS) is 25.2. The molecule has 1 fully saturated rings. The second-order valence-corrected chi connectivity index (χ2v) is 7.49. The zero-order valence-corrected chi connectivity index (χ0v) is 17.8. The molecule has 1 aromatic carbocycles. The van der Waals surface area contributed by atoms with Crippen LogP contribution in [0.25, 0.3) is 11.2 Å². The molecule has 0 spiro atoms. The van der Waals surface area contributed by atoms with Gasteiger partial charge in [-0.05, 0) is 12.1 Å². The summed E-state index contributed by atoms with van der Waals surface area (Å²) in [4.78, 5) is 25.5. The maximum Gasteiger partial charge on any atom is 0.256 e. The first-order valence-electron chi connectivity index (χ1n) is 10.1. The number of amides is 1. The Labute approximate surface area is 184 Å². The van der Waals surface area contributed by atoms with Crippen LogP contribution in [-0.2, 0) is 14.2 Å². The molecule has 10 heteroatoms. The maximum atomic E-state index is 12.6. The van der Waals surface area contributed by atoms with Gasteiger partial charge in [-0.1, -0.05) is 24.3 Å². The number of methoxy groups -OCH3 is 2. The van der Waals surface area contributed by atoms with Crippen LogP contribution in [0.15, 0.2) is 55.6 Å². The first-order chi connectivity index (χ1) is 15.5. The summed E-state index contributed by atoms with van der Waals surface area (Å²) >= 11 is 0. The Morgan fingerprint density at radius 1 is 1.31 bits per heavy atom. The van der Waals surface area contributed by atoms with Crippen molar-refractivity contribution in [2.24, 2.45) is 0 Å². The van der Waals surface area contributed by atoms with Crippen molar-refractivity contribution in [3.63, 3.8) is 0 Å². The van der Waals surface area contributed by atoms with Crippen molar-refractivity contribution in [2.75, 3.05) is 26.1 Å². The van der Waals surface area contributed by atoms with E-state index in [9.17, 15) is 9.90 Å². The molecule has 4 atom stereocenters. The number of ether oxygens (including phenoxy) is 3. The van der Waals surface area contributed by atoms with Gasteiger partial charge in [0.15, 0.2) is 23.2 Å². The maximum absolute atomic E-state index is 12.6. The summed E-state index contributed by atoms with van der Waals surface area (Å²) in [6.45, 7) is 3.99. The van der Waals surface area contributed by atoms with Gasteiger partial charge in [0.2, 0.25) is 0 Å². The molecule has 10 nitrogen and oxygen atoms in total. The van der Waals surface area contributed by atoms with Gasteiger partial charge in [-0.3, -0.25) is 9.36 Å². The summed E-state index contributed by atoms with van der Waals surface area (Å²) in [5.74, 6) is -0.0652. The summed E-state index contributed by atoms with van der Waals surface area (Å²) in [7, 11) is 3.07. The van der Waals surface area contributed by atoms with Crippen LogP contribution in [0.1, 0.15) is 23.0 Å². The van der Waals surface area contributed by atoms with Crippen molar-refractivity contribution in [1.82, 2.24) is 19.5 Å². The topological polar surface area (TPSA) is 121 Å². The third-order valence-corrected chi connectivity index (χ3v) is 5.50. The average molecular weight is 439 g/mol. The van der Waals surface area contributed by atoms with Gasteiger partial charge in [-0.15, -0.1) is 6.58 Å². The highest BCUT2D eigenvalue weighted by atomic mass is 16.6. The molecule has 1 aliphatic rings. The molecular formula is C22H25N5O5. The van der Waals surface area contributed by atoms with Crippen LogP contribution in [0.4, 0.5) is 5.82 Å². The molecule has 2 N–H and O–H groups in total. The molecule has 4 rings (SSSR count). The monoisotopic (exact) mass is 439 g/mol.